The number of sulfonamides is 1. The quantitative estimate of drug-likeness (QED) is 0.118. The topological polar surface area (TPSA) is 154 Å². The molecule has 0 aliphatic rings. The summed E-state index contributed by atoms with van der Waals surface area (Å²) in [7, 11) is -3.79. The van der Waals surface area contributed by atoms with Crippen molar-refractivity contribution in [3.8, 4) is 0 Å². The van der Waals surface area contributed by atoms with Crippen LogP contribution in [0.2, 0.25) is 0 Å². The third-order valence-corrected chi connectivity index (χ3v) is 10.4. The number of aliphatic carboxylic acids is 1. The minimum atomic E-state index is -3.79. The SMILES string of the molecule is CCCCS(=O)(=O)NC(CNC(=O)c1ccc2cc(C(C)(C)c3ccc(NC(=O)Nc4ccccc4C)cc3)sc2c1)C(=O)O. The molecule has 1 heterocycles. The van der Waals surface area contributed by atoms with Crippen molar-refractivity contribution >= 4 is 60.7 Å². The maximum Gasteiger partial charge on any atom is 0.323 e. The van der Waals surface area contributed by atoms with Crippen LogP contribution in [0, 0.1) is 6.92 Å². The van der Waals surface area contributed by atoms with Gasteiger partial charge < -0.3 is 21.1 Å². The predicted octanol–water partition coefficient (Wildman–Crippen LogP) is 6.08. The summed E-state index contributed by atoms with van der Waals surface area (Å²) in [6, 6.07) is 20.7. The first kappa shape index (κ1) is 33.6. The summed E-state index contributed by atoms with van der Waals surface area (Å²) in [5.41, 5.74) is 3.37. The molecule has 0 aliphatic carbocycles. The van der Waals surface area contributed by atoms with Gasteiger partial charge in [-0.15, -0.1) is 11.3 Å². The van der Waals surface area contributed by atoms with Crippen LogP contribution in [0.15, 0.2) is 72.8 Å². The monoisotopic (exact) mass is 650 g/mol. The molecule has 45 heavy (non-hydrogen) atoms. The Hall–Kier alpha value is -4.26. The Bertz CT molecular complexity index is 1800. The molecule has 1 unspecified atom stereocenters. The number of unbranched alkanes of at least 4 members (excludes halogenated alkanes) is 1. The largest absolute Gasteiger partial charge is 0.480 e. The van der Waals surface area contributed by atoms with Crippen molar-refractivity contribution in [2.24, 2.45) is 0 Å². The lowest BCUT2D eigenvalue weighted by Crippen LogP contribution is -2.48. The van der Waals surface area contributed by atoms with E-state index in [9.17, 15) is 27.9 Å². The minimum absolute atomic E-state index is 0.179. The molecule has 0 saturated heterocycles. The second-order valence-corrected chi connectivity index (χ2v) is 14.3. The van der Waals surface area contributed by atoms with Gasteiger partial charge in [0.1, 0.15) is 6.04 Å². The molecule has 238 valence electrons. The highest BCUT2D eigenvalue weighted by atomic mass is 32.2. The molecule has 12 heteroatoms. The van der Waals surface area contributed by atoms with Crippen LogP contribution in [-0.4, -0.2) is 49.8 Å². The fraction of sp³-hybridized carbons (Fsp3) is 0.303. The standard InChI is InChI=1S/C33H38N4O6S2/c1-5-6-17-45(42,43)37-27(31(39)40)20-34-30(38)23-12-11-22-19-29(44-28(22)18-23)33(3,4)24-13-15-25(16-14-24)35-32(41)36-26-10-8-7-9-21(26)2/h7-16,18-19,27,37H,5-6,17,20H2,1-4H3,(H,34,38)(H,39,40)(H2,35,36,41). The summed E-state index contributed by atoms with van der Waals surface area (Å²) in [4.78, 5) is 38.1. The number of rotatable bonds is 13. The smallest absolute Gasteiger partial charge is 0.323 e. The Kier molecular flexibility index (Phi) is 10.6. The van der Waals surface area contributed by atoms with Gasteiger partial charge in [0.2, 0.25) is 10.0 Å². The van der Waals surface area contributed by atoms with E-state index in [-0.39, 0.29) is 17.2 Å². The van der Waals surface area contributed by atoms with Gasteiger partial charge in [0.15, 0.2) is 0 Å². The number of para-hydroxylation sites is 1. The number of aryl methyl sites for hydroxylation is 1. The molecule has 3 amide bonds. The first-order chi connectivity index (χ1) is 21.3. The number of hydrogen-bond donors (Lipinski definition) is 5. The summed E-state index contributed by atoms with van der Waals surface area (Å²) in [5.74, 6) is -2.05. The van der Waals surface area contributed by atoms with Gasteiger partial charge in [-0.3, -0.25) is 9.59 Å². The molecular formula is C33H38N4O6S2. The summed E-state index contributed by atoms with van der Waals surface area (Å²) >= 11 is 1.55. The predicted molar refractivity (Wildman–Crippen MR) is 180 cm³/mol. The van der Waals surface area contributed by atoms with E-state index >= 15 is 0 Å². The Balaban J connectivity index is 1.42. The van der Waals surface area contributed by atoms with Crippen LogP contribution in [0.1, 0.15) is 60.0 Å². The molecule has 0 aliphatic heterocycles. The molecule has 3 aromatic carbocycles. The van der Waals surface area contributed by atoms with Crippen LogP contribution >= 0.6 is 11.3 Å². The highest BCUT2D eigenvalue weighted by molar-refractivity contribution is 7.89. The van der Waals surface area contributed by atoms with E-state index in [0.717, 1.165) is 31.8 Å². The lowest BCUT2D eigenvalue weighted by atomic mass is 9.83. The molecule has 0 bridgehead atoms. The Labute approximate surface area is 267 Å². The number of carbonyl (C=O) groups excluding carboxylic acids is 2. The fourth-order valence-corrected chi connectivity index (χ4v) is 7.31. The van der Waals surface area contributed by atoms with Crippen LogP contribution < -0.4 is 20.7 Å². The van der Waals surface area contributed by atoms with Crippen molar-refractivity contribution in [3.63, 3.8) is 0 Å². The highest BCUT2D eigenvalue weighted by Gasteiger charge is 2.27. The van der Waals surface area contributed by atoms with Crippen LogP contribution in [0.5, 0.6) is 0 Å². The van der Waals surface area contributed by atoms with Gasteiger partial charge in [-0.2, -0.15) is 4.72 Å². The Morgan fingerprint density at radius 3 is 2.33 bits per heavy atom. The fourth-order valence-electron chi connectivity index (χ4n) is 4.68. The van der Waals surface area contributed by atoms with Crippen LogP contribution in [0.3, 0.4) is 0 Å². The maximum absolute atomic E-state index is 12.9. The summed E-state index contributed by atoms with van der Waals surface area (Å²) < 4.78 is 27.4. The third kappa shape index (κ3) is 8.68. The van der Waals surface area contributed by atoms with Crippen LogP contribution in [-0.2, 0) is 20.2 Å². The van der Waals surface area contributed by atoms with Crippen molar-refractivity contribution in [2.75, 3.05) is 22.9 Å². The average Bonchev–Trinajstić information content (AvgIpc) is 3.44. The van der Waals surface area contributed by atoms with E-state index < -0.39 is 34.5 Å². The normalized spacial score (nSPS) is 12.4. The molecule has 0 radical (unpaired) electrons. The first-order valence-corrected chi connectivity index (χ1v) is 17.0. The lowest BCUT2D eigenvalue weighted by molar-refractivity contribution is -0.138. The van der Waals surface area contributed by atoms with E-state index in [1.807, 2.05) is 68.4 Å². The molecule has 1 aromatic heterocycles. The number of amides is 3. The van der Waals surface area contributed by atoms with Crippen molar-refractivity contribution in [2.45, 2.75) is 52.0 Å². The summed E-state index contributed by atoms with van der Waals surface area (Å²) in [6.07, 6.45) is 1.06. The van der Waals surface area contributed by atoms with E-state index in [4.69, 9.17) is 0 Å². The molecular weight excluding hydrogens is 613 g/mol. The van der Waals surface area contributed by atoms with Crippen molar-refractivity contribution in [1.29, 1.82) is 0 Å². The molecule has 0 spiro atoms. The molecule has 10 nitrogen and oxygen atoms in total. The second kappa shape index (κ2) is 14.2. The van der Waals surface area contributed by atoms with E-state index in [1.54, 1.807) is 23.5 Å². The van der Waals surface area contributed by atoms with Gasteiger partial charge >= 0.3 is 12.0 Å². The van der Waals surface area contributed by atoms with Gasteiger partial charge in [0.25, 0.3) is 5.91 Å². The number of thiophene rings is 1. The maximum atomic E-state index is 12.9. The average molecular weight is 651 g/mol. The van der Waals surface area contributed by atoms with Gasteiger partial charge in [-0.1, -0.05) is 63.6 Å². The number of nitrogens with one attached hydrogen (secondary N) is 4. The van der Waals surface area contributed by atoms with Gasteiger partial charge in [0.05, 0.1) is 5.75 Å². The Morgan fingerprint density at radius 2 is 1.67 bits per heavy atom. The summed E-state index contributed by atoms with van der Waals surface area (Å²) in [5, 5.41) is 18.7. The van der Waals surface area contributed by atoms with Crippen molar-refractivity contribution in [3.05, 3.63) is 94.4 Å². The molecule has 4 aromatic rings. The zero-order valence-electron chi connectivity index (χ0n) is 25.6. The zero-order valence-corrected chi connectivity index (χ0v) is 27.3. The minimum Gasteiger partial charge on any atom is -0.480 e. The van der Waals surface area contributed by atoms with E-state index in [0.29, 0.717) is 24.1 Å². The second-order valence-electron chi connectivity index (χ2n) is 11.4. The molecule has 5 N–H and O–H groups in total. The number of carboxylic acids is 1. The van der Waals surface area contributed by atoms with Crippen molar-refractivity contribution in [1.82, 2.24) is 10.0 Å². The number of carboxylic acid groups (broad SMARTS) is 1. The first-order valence-electron chi connectivity index (χ1n) is 14.6. The third-order valence-electron chi connectivity index (χ3n) is 7.51. The Morgan fingerprint density at radius 1 is 0.956 bits per heavy atom. The number of benzene rings is 3. The van der Waals surface area contributed by atoms with Crippen molar-refractivity contribution < 1.29 is 27.9 Å². The number of carbonyl (C=O) groups is 3. The number of fused-ring (bicyclic) bond motifs is 1. The van der Waals surface area contributed by atoms with E-state index in [2.05, 4.69) is 40.6 Å². The van der Waals surface area contributed by atoms with Crippen LogP contribution in [0.4, 0.5) is 16.2 Å². The summed E-state index contributed by atoms with van der Waals surface area (Å²) in [6.45, 7) is 7.58. The molecule has 1 atom stereocenters. The number of hydrogen-bond acceptors (Lipinski definition) is 6. The van der Waals surface area contributed by atoms with Gasteiger partial charge in [-0.05, 0) is 66.3 Å². The highest BCUT2D eigenvalue weighted by Crippen LogP contribution is 2.39. The zero-order chi connectivity index (χ0) is 32.8. The van der Waals surface area contributed by atoms with E-state index in [1.165, 1.54) is 0 Å². The van der Waals surface area contributed by atoms with Gasteiger partial charge in [0, 0.05) is 38.5 Å². The van der Waals surface area contributed by atoms with Crippen LogP contribution in [0.25, 0.3) is 10.1 Å². The number of urea groups is 1. The molecule has 4 rings (SSSR count). The number of anilines is 2. The van der Waals surface area contributed by atoms with Gasteiger partial charge in [-0.25, -0.2) is 13.2 Å². The lowest BCUT2D eigenvalue weighted by Gasteiger charge is -2.24. The molecule has 0 saturated carbocycles. The molecule has 0 fully saturated rings.